The van der Waals surface area contributed by atoms with Crippen molar-refractivity contribution in [2.45, 2.75) is 13.8 Å². The van der Waals surface area contributed by atoms with Gasteiger partial charge in [0.05, 0.1) is 0 Å². The van der Waals surface area contributed by atoms with Gasteiger partial charge in [-0.05, 0) is 13.8 Å². The molecule has 0 atom stereocenters. The lowest BCUT2D eigenvalue weighted by Crippen LogP contribution is -2.37. The number of isocyanates is 1. The van der Waals surface area contributed by atoms with Gasteiger partial charge in [-0.15, -0.1) is 0 Å². The van der Waals surface area contributed by atoms with Crippen LogP contribution in [0.3, 0.4) is 0 Å². The van der Waals surface area contributed by atoms with Gasteiger partial charge in [0.25, 0.3) is 6.08 Å². The molecule has 0 aromatic rings. The normalized spacial score (nSPS) is 8.18. The van der Waals surface area contributed by atoms with Crippen molar-refractivity contribution in [3.05, 3.63) is 0 Å². The average molecular weight is 157 g/mol. The quantitative estimate of drug-likeness (QED) is 0.363. The molecule has 0 radical (unpaired) electrons. The van der Waals surface area contributed by atoms with Crippen LogP contribution >= 0.6 is 0 Å². The van der Waals surface area contributed by atoms with Crippen molar-refractivity contribution in [1.82, 2.24) is 10.3 Å². The number of amides is 2. The summed E-state index contributed by atoms with van der Waals surface area (Å²) in [5.74, 6) is 0. The highest BCUT2D eigenvalue weighted by Crippen LogP contribution is 1.86. The Morgan fingerprint density at radius 1 is 1.55 bits per heavy atom. The molecule has 0 saturated carbocycles. The molecular formula is C6H11N3O2. The molecule has 11 heavy (non-hydrogen) atoms. The SMILES string of the molecule is CCN(CC)C(=O)NN=C=O. The van der Waals surface area contributed by atoms with Crippen molar-refractivity contribution in [2.75, 3.05) is 13.1 Å². The molecule has 0 fully saturated rings. The van der Waals surface area contributed by atoms with E-state index in [1.165, 1.54) is 11.0 Å². The Hall–Kier alpha value is -1.35. The van der Waals surface area contributed by atoms with Crippen LogP contribution in [-0.4, -0.2) is 30.1 Å². The fourth-order valence-electron chi connectivity index (χ4n) is 0.652. The lowest BCUT2D eigenvalue weighted by atomic mass is 10.5. The van der Waals surface area contributed by atoms with Crippen LogP contribution in [0, 0.1) is 0 Å². The summed E-state index contributed by atoms with van der Waals surface area (Å²) < 4.78 is 0. The highest BCUT2D eigenvalue weighted by atomic mass is 16.2. The van der Waals surface area contributed by atoms with E-state index in [4.69, 9.17) is 0 Å². The van der Waals surface area contributed by atoms with Gasteiger partial charge in [0.1, 0.15) is 0 Å². The first-order chi connectivity index (χ1) is 5.26. The van der Waals surface area contributed by atoms with Crippen LogP contribution < -0.4 is 5.43 Å². The van der Waals surface area contributed by atoms with Gasteiger partial charge in [-0.1, -0.05) is 5.10 Å². The molecule has 5 nitrogen and oxygen atoms in total. The van der Waals surface area contributed by atoms with Gasteiger partial charge in [0.2, 0.25) is 0 Å². The van der Waals surface area contributed by atoms with Crippen LogP contribution in [0.1, 0.15) is 13.8 Å². The maximum Gasteiger partial charge on any atom is 0.338 e. The van der Waals surface area contributed by atoms with Crippen LogP contribution in [0.4, 0.5) is 4.79 Å². The number of hydrogen-bond acceptors (Lipinski definition) is 3. The van der Waals surface area contributed by atoms with Crippen molar-refractivity contribution >= 4 is 12.1 Å². The number of carbonyl (C=O) groups excluding carboxylic acids is 2. The molecule has 0 aliphatic carbocycles. The van der Waals surface area contributed by atoms with E-state index in [2.05, 4.69) is 5.10 Å². The monoisotopic (exact) mass is 157 g/mol. The molecule has 0 spiro atoms. The van der Waals surface area contributed by atoms with Crippen molar-refractivity contribution in [3.63, 3.8) is 0 Å². The first-order valence-corrected chi connectivity index (χ1v) is 3.38. The first-order valence-electron chi connectivity index (χ1n) is 3.38. The highest BCUT2D eigenvalue weighted by Gasteiger charge is 2.06. The molecule has 0 bridgehead atoms. The van der Waals surface area contributed by atoms with E-state index < -0.39 is 0 Å². The van der Waals surface area contributed by atoms with Gasteiger partial charge in [0.15, 0.2) is 0 Å². The Labute approximate surface area is 65.1 Å². The van der Waals surface area contributed by atoms with Gasteiger partial charge < -0.3 is 4.90 Å². The Balaban J connectivity index is 3.88. The summed E-state index contributed by atoms with van der Waals surface area (Å²) in [6.07, 6.45) is 1.22. The lowest BCUT2D eigenvalue weighted by Gasteiger charge is -2.16. The summed E-state index contributed by atoms with van der Waals surface area (Å²) in [5.41, 5.74) is 2.02. The number of hydrogen-bond donors (Lipinski definition) is 1. The van der Waals surface area contributed by atoms with Gasteiger partial charge in [-0.3, -0.25) is 0 Å². The lowest BCUT2D eigenvalue weighted by molar-refractivity contribution is 0.203. The second-order valence-corrected chi connectivity index (χ2v) is 1.79. The second-order valence-electron chi connectivity index (χ2n) is 1.79. The molecule has 5 heteroatoms. The zero-order chi connectivity index (χ0) is 8.69. The fraction of sp³-hybridized carbons (Fsp3) is 0.667. The third-order valence-electron chi connectivity index (χ3n) is 1.25. The van der Waals surface area contributed by atoms with E-state index in [1.54, 1.807) is 0 Å². The van der Waals surface area contributed by atoms with Gasteiger partial charge in [-0.2, -0.15) is 0 Å². The summed E-state index contributed by atoms with van der Waals surface area (Å²) in [6.45, 7) is 4.87. The maximum atomic E-state index is 10.9. The molecule has 2 amide bonds. The molecule has 0 heterocycles. The third kappa shape index (κ3) is 3.37. The van der Waals surface area contributed by atoms with Crippen LogP contribution in [-0.2, 0) is 4.79 Å². The first kappa shape index (κ1) is 9.65. The molecule has 62 valence electrons. The summed E-state index contributed by atoms with van der Waals surface area (Å²) in [6, 6.07) is -0.377. The predicted molar refractivity (Wildman–Crippen MR) is 39.6 cm³/mol. The van der Waals surface area contributed by atoms with Crippen molar-refractivity contribution < 1.29 is 9.59 Å². The Morgan fingerprint density at radius 2 is 2.09 bits per heavy atom. The average Bonchev–Trinajstić information content (AvgIpc) is 2.03. The van der Waals surface area contributed by atoms with Crippen molar-refractivity contribution in [2.24, 2.45) is 5.10 Å². The van der Waals surface area contributed by atoms with Crippen LogP contribution in [0.25, 0.3) is 0 Å². The van der Waals surface area contributed by atoms with E-state index >= 15 is 0 Å². The van der Waals surface area contributed by atoms with Crippen LogP contribution in [0.2, 0.25) is 0 Å². The number of hydrazone groups is 1. The summed E-state index contributed by atoms with van der Waals surface area (Å²) in [4.78, 5) is 22.0. The van der Waals surface area contributed by atoms with E-state index in [9.17, 15) is 9.59 Å². The minimum Gasteiger partial charge on any atom is -0.324 e. The minimum absolute atomic E-state index is 0.377. The fourth-order valence-corrected chi connectivity index (χ4v) is 0.652. The van der Waals surface area contributed by atoms with E-state index in [-0.39, 0.29) is 6.03 Å². The molecule has 0 saturated heterocycles. The Bertz CT molecular complexity index is 171. The summed E-state index contributed by atoms with van der Waals surface area (Å²) >= 11 is 0. The number of nitrogens with zero attached hydrogens (tertiary/aromatic N) is 2. The highest BCUT2D eigenvalue weighted by molar-refractivity contribution is 5.74. The Morgan fingerprint density at radius 3 is 2.45 bits per heavy atom. The summed E-state index contributed by atoms with van der Waals surface area (Å²) in [5, 5.41) is 2.94. The molecule has 0 aliphatic rings. The number of nitrogens with one attached hydrogen (secondary N) is 1. The molecular weight excluding hydrogens is 146 g/mol. The van der Waals surface area contributed by atoms with Crippen molar-refractivity contribution in [3.8, 4) is 0 Å². The Kier molecular flexibility index (Phi) is 4.77. The van der Waals surface area contributed by atoms with Gasteiger partial charge in [0, 0.05) is 13.1 Å². The van der Waals surface area contributed by atoms with Gasteiger partial charge in [-0.25, -0.2) is 15.0 Å². The predicted octanol–water partition coefficient (Wildman–Crippen LogP) is 0.289. The van der Waals surface area contributed by atoms with E-state index in [0.29, 0.717) is 13.1 Å². The zero-order valence-electron chi connectivity index (χ0n) is 6.63. The maximum absolute atomic E-state index is 10.9. The molecule has 0 aliphatic heterocycles. The number of carbonyl (C=O) groups is 1. The van der Waals surface area contributed by atoms with Gasteiger partial charge >= 0.3 is 6.03 Å². The largest absolute Gasteiger partial charge is 0.338 e. The van der Waals surface area contributed by atoms with E-state index in [1.807, 2.05) is 19.3 Å². The number of urea groups is 1. The number of rotatable bonds is 3. The standard InChI is InChI=1S/C6H11N3O2/c1-3-9(4-2)6(11)8-7-5-10/h3-4H2,1-2H3,(H,8,11). The van der Waals surface area contributed by atoms with E-state index in [0.717, 1.165) is 0 Å². The molecule has 1 N–H and O–H groups in total. The minimum atomic E-state index is -0.377. The summed E-state index contributed by atoms with van der Waals surface area (Å²) in [7, 11) is 0. The zero-order valence-corrected chi connectivity index (χ0v) is 6.63. The molecule has 0 rings (SSSR count). The molecule has 0 aromatic carbocycles. The molecule has 0 aromatic heterocycles. The smallest absolute Gasteiger partial charge is 0.324 e. The molecule has 0 unspecified atom stereocenters. The van der Waals surface area contributed by atoms with Crippen molar-refractivity contribution in [1.29, 1.82) is 0 Å². The second kappa shape index (κ2) is 5.44. The topological polar surface area (TPSA) is 61.8 Å². The van der Waals surface area contributed by atoms with Crippen LogP contribution in [0.5, 0.6) is 0 Å². The van der Waals surface area contributed by atoms with Crippen LogP contribution in [0.15, 0.2) is 5.10 Å². The third-order valence-corrected chi connectivity index (χ3v) is 1.25.